The zero-order chi connectivity index (χ0) is 13.1. The first kappa shape index (κ1) is 13.0. The summed E-state index contributed by atoms with van der Waals surface area (Å²) in [4.78, 5) is 11.1. The lowest BCUT2D eigenvalue weighted by atomic mass is 9.95. The predicted molar refractivity (Wildman–Crippen MR) is 63.8 cm³/mol. The number of anilines is 1. The van der Waals surface area contributed by atoms with E-state index in [2.05, 4.69) is 10.6 Å². The zero-order valence-electron chi connectivity index (χ0n) is 10.8. The molecule has 6 nitrogen and oxygen atoms in total. The third-order valence-electron chi connectivity index (χ3n) is 3.31. The first-order valence-electron chi connectivity index (χ1n) is 6.46. The zero-order valence-corrected chi connectivity index (χ0v) is 10.8. The maximum Gasteiger partial charge on any atom is 0.308 e. The minimum atomic E-state index is -0.722. The summed E-state index contributed by atoms with van der Waals surface area (Å²) in [5.41, 5.74) is 0.553. The van der Waals surface area contributed by atoms with E-state index < -0.39 is 6.10 Å². The van der Waals surface area contributed by atoms with Crippen LogP contribution in [0.15, 0.2) is 4.52 Å². The number of amides is 1. The van der Waals surface area contributed by atoms with Crippen LogP contribution in [0.1, 0.15) is 63.8 Å². The molecule has 1 aliphatic carbocycles. The van der Waals surface area contributed by atoms with Crippen molar-refractivity contribution < 1.29 is 19.1 Å². The van der Waals surface area contributed by atoms with E-state index in [0.717, 1.165) is 12.8 Å². The monoisotopic (exact) mass is 254 g/mol. The van der Waals surface area contributed by atoms with Crippen LogP contribution in [-0.4, -0.2) is 16.3 Å². The van der Waals surface area contributed by atoms with Gasteiger partial charge < -0.3 is 5.11 Å². The Morgan fingerprint density at radius 2 is 2.17 bits per heavy atom. The number of aromatic nitrogens is 2. The number of nitrogens with one attached hydrogen (secondary N) is 1. The predicted octanol–water partition coefficient (Wildman–Crippen LogP) is 1.48. The SMILES string of the molecule is CC(=O)Nc1on[n+](C2CCCCC2)c1C(C)O. The van der Waals surface area contributed by atoms with E-state index >= 15 is 0 Å². The first-order valence-corrected chi connectivity index (χ1v) is 6.46. The Balaban J connectivity index is 2.28. The van der Waals surface area contributed by atoms with Crippen molar-refractivity contribution in [2.75, 3.05) is 5.32 Å². The molecule has 1 heterocycles. The summed E-state index contributed by atoms with van der Waals surface area (Å²) < 4.78 is 6.87. The second kappa shape index (κ2) is 5.48. The molecular weight excluding hydrogens is 234 g/mol. The molecule has 1 amide bonds. The summed E-state index contributed by atoms with van der Waals surface area (Å²) >= 11 is 0. The van der Waals surface area contributed by atoms with Gasteiger partial charge in [-0.05, 0) is 24.4 Å². The van der Waals surface area contributed by atoms with E-state index in [4.69, 9.17) is 4.52 Å². The normalized spacial score (nSPS) is 18.6. The summed E-state index contributed by atoms with van der Waals surface area (Å²) in [6, 6.07) is 0.259. The Kier molecular flexibility index (Phi) is 3.96. The van der Waals surface area contributed by atoms with Crippen LogP contribution in [0.25, 0.3) is 0 Å². The summed E-state index contributed by atoms with van der Waals surface area (Å²) in [5.74, 6) is 0.0203. The number of rotatable bonds is 3. The molecule has 1 fully saturated rings. The van der Waals surface area contributed by atoms with Crippen LogP contribution in [0, 0.1) is 0 Å². The molecule has 0 radical (unpaired) electrons. The van der Waals surface area contributed by atoms with Gasteiger partial charge in [0.15, 0.2) is 6.04 Å². The number of aliphatic hydroxyl groups is 1. The fraction of sp³-hybridized carbons (Fsp3) is 0.750. The smallest absolute Gasteiger partial charge is 0.308 e. The lowest BCUT2D eigenvalue weighted by Crippen LogP contribution is -2.46. The second-order valence-corrected chi connectivity index (χ2v) is 4.88. The average molecular weight is 254 g/mol. The molecule has 2 N–H and O–H groups in total. The highest BCUT2D eigenvalue weighted by Crippen LogP contribution is 2.27. The molecule has 1 aliphatic rings. The lowest BCUT2D eigenvalue weighted by Gasteiger charge is -2.15. The summed E-state index contributed by atoms with van der Waals surface area (Å²) in [5, 5.41) is 16.4. The van der Waals surface area contributed by atoms with Crippen molar-refractivity contribution in [3.8, 4) is 0 Å². The summed E-state index contributed by atoms with van der Waals surface area (Å²) in [6.07, 6.45) is 4.93. The molecule has 0 bridgehead atoms. The minimum absolute atomic E-state index is 0.233. The summed E-state index contributed by atoms with van der Waals surface area (Å²) in [6.45, 7) is 3.05. The molecule has 0 saturated heterocycles. The maximum absolute atomic E-state index is 11.1. The molecular formula is C12H20N3O3+. The lowest BCUT2D eigenvalue weighted by molar-refractivity contribution is -0.795. The first-order chi connectivity index (χ1) is 8.59. The molecule has 0 spiro atoms. The van der Waals surface area contributed by atoms with E-state index in [9.17, 15) is 9.90 Å². The van der Waals surface area contributed by atoms with Gasteiger partial charge in [-0.1, -0.05) is 6.42 Å². The maximum atomic E-state index is 11.1. The van der Waals surface area contributed by atoms with Crippen molar-refractivity contribution in [1.29, 1.82) is 0 Å². The molecule has 1 atom stereocenters. The number of hydrogen-bond acceptors (Lipinski definition) is 4. The number of hydrogen-bond donors (Lipinski definition) is 2. The molecule has 18 heavy (non-hydrogen) atoms. The Morgan fingerprint density at radius 1 is 1.50 bits per heavy atom. The van der Waals surface area contributed by atoms with E-state index in [0.29, 0.717) is 5.69 Å². The highest BCUT2D eigenvalue weighted by Gasteiger charge is 2.35. The molecule has 1 saturated carbocycles. The van der Waals surface area contributed by atoms with Gasteiger partial charge in [-0.15, -0.1) is 0 Å². The summed E-state index contributed by atoms with van der Waals surface area (Å²) in [7, 11) is 0. The highest BCUT2D eigenvalue weighted by atomic mass is 16.5. The molecule has 1 unspecified atom stereocenters. The number of aliphatic hydroxyl groups excluding tert-OH is 1. The van der Waals surface area contributed by atoms with Crippen molar-refractivity contribution in [2.24, 2.45) is 0 Å². The Labute approximate surface area is 106 Å². The quantitative estimate of drug-likeness (QED) is 0.801. The Hall–Kier alpha value is -1.43. The van der Waals surface area contributed by atoms with Crippen molar-refractivity contribution in [1.82, 2.24) is 5.27 Å². The molecule has 2 rings (SSSR count). The van der Waals surface area contributed by atoms with Gasteiger partial charge in [-0.2, -0.15) is 0 Å². The van der Waals surface area contributed by atoms with Crippen LogP contribution < -0.4 is 10.00 Å². The molecule has 100 valence electrons. The minimum Gasteiger partial charge on any atom is -0.382 e. The Morgan fingerprint density at radius 3 is 2.72 bits per heavy atom. The van der Waals surface area contributed by atoms with Gasteiger partial charge in [-0.25, -0.2) is 0 Å². The molecule has 1 aromatic rings. The van der Waals surface area contributed by atoms with Gasteiger partial charge in [0.1, 0.15) is 6.10 Å². The van der Waals surface area contributed by atoms with E-state index in [1.807, 2.05) is 0 Å². The van der Waals surface area contributed by atoms with Crippen LogP contribution in [0.3, 0.4) is 0 Å². The third-order valence-corrected chi connectivity index (χ3v) is 3.31. The molecule has 0 aliphatic heterocycles. The van der Waals surface area contributed by atoms with E-state index in [-0.39, 0.29) is 17.8 Å². The van der Waals surface area contributed by atoms with Crippen LogP contribution in [-0.2, 0) is 4.79 Å². The number of carbonyl (C=O) groups is 1. The van der Waals surface area contributed by atoms with Crippen LogP contribution in [0.4, 0.5) is 5.88 Å². The van der Waals surface area contributed by atoms with Crippen molar-refractivity contribution >= 4 is 11.8 Å². The van der Waals surface area contributed by atoms with Crippen molar-refractivity contribution in [3.63, 3.8) is 0 Å². The fourth-order valence-electron chi connectivity index (χ4n) is 2.50. The van der Waals surface area contributed by atoms with Crippen molar-refractivity contribution in [2.45, 2.75) is 58.1 Å². The van der Waals surface area contributed by atoms with Gasteiger partial charge >= 0.3 is 11.6 Å². The third kappa shape index (κ3) is 2.69. The topological polar surface area (TPSA) is 79.2 Å². The van der Waals surface area contributed by atoms with Gasteiger partial charge in [0.25, 0.3) is 0 Å². The average Bonchev–Trinajstić information content (AvgIpc) is 2.73. The second-order valence-electron chi connectivity index (χ2n) is 4.88. The van der Waals surface area contributed by atoms with E-state index in [1.165, 1.54) is 26.2 Å². The van der Waals surface area contributed by atoms with Crippen LogP contribution >= 0.6 is 0 Å². The fourth-order valence-corrected chi connectivity index (χ4v) is 2.50. The van der Waals surface area contributed by atoms with Gasteiger partial charge in [0.2, 0.25) is 11.2 Å². The number of carbonyl (C=O) groups excluding carboxylic acids is 1. The van der Waals surface area contributed by atoms with E-state index in [1.54, 1.807) is 11.6 Å². The van der Waals surface area contributed by atoms with Crippen molar-refractivity contribution in [3.05, 3.63) is 5.69 Å². The highest BCUT2D eigenvalue weighted by molar-refractivity contribution is 5.87. The number of nitrogens with zero attached hydrogens (tertiary/aromatic N) is 2. The van der Waals surface area contributed by atoms with Crippen LogP contribution in [0.2, 0.25) is 0 Å². The standard InChI is InChI=1S/C12H19N3O3/c1-8(16)11-12(13-9(2)17)18-14-15(11)10-6-4-3-5-7-10/h8,10,16H,3-7H2,1-2H3/p+1. The molecule has 0 aromatic carbocycles. The molecule has 6 heteroatoms. The molecule has 1 aromatic heterocycles. The largest absolute Gasteiger partial charge is 0.382 e. The van der Waals surface area contributed by atoms with Crippen LogP contribution in [0.5, 0.6) is 0 Å². The van der Waals surface area contributed by atoms with Gasteiger partial charge in [0.05, 0.1) is 0 Å². The van der Waals surface area contributed by atoms with Gasteiger partial charge in [-0.3, -0.25) is 14.6 Å². The van der Waals surface area contributed by atoms with Gasteiger partial charge in [0, 0.05) is 19.8 Å². The Bertz CT molecular complexity index is 422.